The second kappa shape index (κ2) is 7.86. The summed E-state index contributed by atoms with van der Waals surface area (Å²) in [7, 11) is 0. The zero-order chi connectivity index (χ0) is 18.7. The van der Waals surface area contributed by atoms with Crippen LogP contribution in [0.1, 0.15) is 33.9 Å². The van der Waals surface area contributed by atoms with Gasteiger partial charge in [0.15, 0.2) is 0 Å². The molecule has 26 heavy (non-hydrogen) atoms. The second-order valence-corrected chi connectivity index (χ2v) is 7.14. The van der Waals surface area contributed by atoms with Crippen molar-refractivity contribution in [3.05, 3.63) is 57.4 Å². The maximum Gasteiger partial charge on any atom is 0.269 e. The number of benzene rings is 1. The Balaban J connectivity index is 1.52. The van der Waals surface area contributed by atoms with Crippen LogP contribution in [-0.4, -0.2) is 32.4 Å². The van der Waals surface area contributed by atoms with E-state index in [4.69, 9.17) is 0 Å². The highest BCUT2D eigenvalue weighted by atomic mass is 79.9. The fourth-order valence-corrected chi connectivity index (χ4v) is 3.01. The van der Waals surface area contributed by atoms with Crippen LogP contribution >= 0.6 is 15.9 Å². The van der Waals surface area contributed by atoms with Gasteiger partial charge in [-0.1, -0.05) is 29.8 Å². The molecule has 0 aliphatic carbocycles. The number of carbonyl (C=O) groups is 1. The molecule has 0 radical (unpaired) electrons. The van der Waals surface area contributed by atoms with Gasteiger partial charge in [0, 0.05) is 24.3 Å². The third kappa shape index (κ3) is 4.04. The minimum Gasteiger partial charge on any atom is -0.351 e. The van der Waals surface area contributed by atoms with Crippen molar-refractivity contribution >= 4 is 21.8 Å². The molecule has 0 spiro atoms. The number of aryl methyl sites for hydroxylation is 3. The number of rotatable bonds is 6. The number of carbonyl (C=O) groups excluding carboxylic acids is 1. The molecule has 3 aromatic rings. The van der Waals surface area contributed by atoms with Gasteiger partial charge in [0.25, 0.3) is 5.91 Å². The fourth-order valence-electron chi connectivity index (χ4n) is 2.73. The van der Waals surface area contributed by atoms with Crippen LogP contribution in [0, 0.1) is 20.8 Å². The van der Waals surface area contributed by atoms with Gasteiger partial charge in [-0.25, -0.2) is 0 Å². The Labute approximate surface area is 161 Å². The molecule has 0 atom stereocenters. The average Bonchev–Trinajstić information content (AvgIpc) is 3.21. The summed E-state index contributed by atoms with van der Waals surface area (Å²) in [6.07, 6.45) is 0.805. The molecule has 6 nitrogen and oxygen atoms in total. The predicted molar refractivity (Wildman–Crippen MR) is 105 cm³/mol. The van der Waals surface area contributed by atoms with Gasteiger partial charge in [0.05, 0.1) is 15.9 Å². The van der Waals surface area contributed by atoms with E-state index in [0.29, 0.717) is 12.2 Å². The van der Waals surface area contributed by atoms with Crippen LogP contribution in [0.25, 0.3) is 11.3 Å². The van der Waals surface area contributed by atoms with E-state index in [-0.39, 0.29) is 5.91 Å². The van der Waals surface area contributed by atoms with Gasteiger partial charge >= 0.3 is 0 Å². The highest BCUT2D eigenvalue weighted by Gasteiger charge is 2.11. The number of halogens is 1. The van der Waals surface area contributed by atoms with Crippen molar-refractivity contribution in [2.45, 2.75) is 33.7 Å². The maximum atomic E-state index is 12.3. The summed E-state index contributed by atoms with van der Waals surface area (Å²) in [5.41, 5.74) is 5.49. The number of nitrogens with one attached hydrogen (secondary N) is 2. The third-order valence-electron chi connectivity index (χ3n) is 4.30. The average molecular weight is 416 g/mol. The molecular weight excluding hydrogens is 394 g/mol. The van der Waals surface area contributed by atoms with Gasteiger partial charge in [-0.05, 0) is 49.2 Å². The first-order chi connectivity index (χ1) is 12.5. The Morgan fingerprint density at radius 1 is 1.23 bits per heavy atom. The minimum atomic E-state index is -0.148. The molecule has 0 bridgehead atoms. The van der Waals surface area contributed by atoms with Gasteiger partial charge in [-0.2, -0.15) is 10.2 Å². The molecule has 0 aliphatic rings. The molecule has 3 rings (SSSR count). The molecule has 0 unspecified atom stereocenters. The van der Waals surface area contributed by atoms with Crippen LogP contribution in [0.3, 0.4) is 0 Å². The molecular formula is C19H22BrN5O. The normalized spacial score (nSPS) is 10.9. The van der Waals surface area contributed by atoms with Gasteiger partial charge in [-0.15, -0.1) is 0 Å². The lowest BCUT2D eigenvalue weighted by Crippen LogP contribution is -2.25. The summed E-state index contributed by atoms with van der Waals surface area (Å²) in [6, 6.07) is 9.83. The predicted octanol–water partition coefficient (Wildman–Crippen LogP) is 3.78. The number of aromatic nitrogens is 4. The van der Waals surface area contributed by atoms with E-state index in [1.807, 2.05) is 49.7 Å². The molecule has 0 saturated heterocycles. The number of aromatic amines is 1. The van der Waals surface area contributed by atoms with E-state index >= 15 is 0 Å². The topological polar surface area (TPSA) is 75.6 Å². The summed E-state index contributed by atoms with van der Waals surface area (Å²) in [5, 5.41) is 14.4. The van der Waals surface area contributed by atoms with Crippen molar-refractivity contribution in [2.75, 3.05) is 6.54 Å². The van der Waals surface area contributed by atoms with Crippen molar-refractivity contribution in [2.24, 2.45) is 0 Å². The molecule has 2 heterocycles. The minimum absolute atomic E-state index is 0.148. The van der Waals surface area contributed by atoms with Crippen LogP contribution < -0.4 is 5.32 Å². The maximum absolute atomic E-state index is 12.3. The first-order valence-corrected chi connectivity index (χ1v) is 9.35. The van der Waals surface area contributed by atoms with Crippen LogP contribution in [0.4, 0.5) is 0 Å². The van der Waals surface area contributed by atoms with Crippen molar-refractivity contribution < 1.29 is 4.79 Å². The van der Waals surface area contributed by atoms with Crippen LogP contribution in [0.15, 0.2) is 34.8 Å². The molecule has 7 heteroatoms. The molecule has 2 N–H and O–H groups in total. The summed E-state index contributed by atoms with van der Waals surface area (Å²) in [6.45, 7) is 7.38. The van der Waals surface area contributed by atoms with E-state index in [0.717, 1.165) is 40.1 Å². The van der Waals surface area contributed by atoms with Crippen molar-refractivity contribution in [1.29, 1.82) is 0 Å². The largest absolute Gasteiger partial charge is 0.351 e. The standard InChI is InChI=1S/C19H22BrN5O/c1-12-5-7-15(8-6-12)16-11-17(23-22-16)19(26)21-9-4-10-25-14(3)18(20)13(2)24-25/h5-8,11H,4,9-10H2,1-3H3,(H,21,26)(H,22,23). The lowest BCUT2D eigenvalue weighted by atomic mass is 10.1. The highest BCUT2D eigenvalue weighted by Crippen LogP contribution is 2.20. The third-order valence-corrected chi connectivity index (χ3v) is 5.44. The number of hydrogen-bond donors (Lipinski definition) is 2. The highest BCUT2D eigenvalue weighted by molar-refractivity contribution is 9.10. The Morgan fingerprint density at radius 2 is 1.96 bits per heavy atom. The summed E-state index contributed by atoms with van der Waals surface area (Å²) in [4.78, 5) is 12.3. The van der Waals surface area contributed by atoms with E-state index in [9.17, 15) is 4.79 Å². The van der Waals surface area contributed by atoms with E-state index < -0.39 is 0 Å². The monoisotopic (exact) mass is 415 g/mol. The van der Waals surface area contributed by atoms with E-state index in [2.05, 4.69) is 36.5 Å². The smallest absolute Gasteiger partial charge is 0.269 e. The number of hydrogen-bond acceptors (Lipinski definition) is 3. The molecule has 2 aromatic heterocycles. The van der Waals surface area contributed by atoms with Crippen LogP contribution in [-0.2, 0) is 6.54 Å². The molecule has 0 fully saturated rings. The lowest BCUT2D eigenvalue weighted by molar-refractivity contribution is 0.0947. The summed E-state index contributed by atoms with van der Waals surface area (Å²) >= 11 is 3.52. The molecule has 0 aliphatic heterocycles. The zero-order valence-corrected chi connectivity index (χ0v) is 16.7. The van der Waals surface area contributed by atoms with Crippen LogP contribution in [0.5, 0.6) is 0 Å². The van der Waals surface area contributed by atoms with Crippen molar-refractivity contribution in [3.8, 4) is 11.3 Å². The van der Waals surface area contributed by atoms with Gasteiger partial charge in [0.1, 0.15) is 5.69 Å². The first-order valence-electron chi connectivity index (χ1n) is 8.56. The summed E-state index contributed by atoms with van der Waals surface area (Å²) in [5.74, 6) is -0.148. The number of H-pyrrole nitrogens is 1. The Hall–Kier alpha value is -2.41. The lowest BCUT2D eigenvalue weighted by Gasteiger charge is -2.05. The van der Waals surface area contributed by atoms with Gasteiger partial charge in [0.2, 0.25) is 0 Å². The van der Waals surface area contributed by atoms with Crippen molar-refractivity contribution in [1.82, 2.24) is 25.3 Å². The van der Waals surface area contributed by atoms with E-state index in [1.54, 1.807) is 6.07 Å². The molecule has 136 valence electrons. The van der Waals surface area contributed by atoms with Gasteiger partial charge < -0.3 is 5.32 Å². The first kappa shape index (κ1) is 18.4. The number of amides is 1. The SMILES string of the molecule is Cc1ccc(-c2cc(C(=O)NCCCn3nc(C)c(Br)c3C)[nH]n2)cc1. The van der Waals surface area contributed by atoms with Crippen LogP contribution in [0.2, 0.25) is 0 Å². The Morgan fingerprint density at radius 3 is 2.62 bits per heavy atom. The Bertz CT molecular complexity index is 911. The quantitative estimate of drug-likeness (QED) is 0.601. The molecule has 1 amide bonds. The fraction of sp³-hybridized carbons (Fsp3) is 0.316. The Kier molecular flexibility index (Phi) is 5.56. The van der Waals surface area contributed by atoms with Gasteiger partial charge in [-0.3, -0.25) is 14.6 Å². The van der Waals surface area contributed by atoms with Crippen molar-refractivity contribution in [3.63, 3.8) is 0 Å². The zero-order valence-electron chi connectivity index (χ0n) is 15.1. The summed E-state index contributed by atoms with van der Waals surface area (Å²) < 4.78 is 3.00. The molecule has 0 saturated carbocycles. The molecule has 1 aromatic carbocycles. The van der Waals surface area contributed by atoms with E-state index in [1.165, 1.54) is 5.56 Å². The number of nitrogens with zero attached hydrogens (tertiary/aromatic N) is 3. The second-order valence-electron chi connectivity index (χ2n) is 6.35.